The number of aryl methyl sites for hydroxylation is 1. The van der Waals surface area contributed by atoms with Crippen LogP contribution in [0.5, 0.6) is 0 Å². The third kappa shape index (κ3) is 2.25. The maximum atomic E-state index is 11.4. The molecule has 1 atom stereocenters. The fraction of sp³-hybridized carbons (Fsp3) is 0.188. The minimum Gasteiger partial charge on any atom is -0.326 e. The van der Waals surface area contributed by atoms with Crippen molar-refractivity contribution in [3.8, 4) is 0 Å². The second kappa shape index (κ2) is 5.04. The summed E-state index contributed by atoms with van der Waals surface area (Å²) in [7, 11) is 0. The second-order valence-corrected chi connectivity index (χ2v) is 5.89. The summed E-state index contributed by atoms with van der Waals surface area (Å²) in [6.45, 7) is 2.05. The first-order chi connectivity index (χ1) is 9.56. The molecule has 2 aromatic rings. The van der Waals surface area contributed by atoms with Crippen molar-refractivity contribution in [1.29, 1.82) is 0 Å². The number of fused-ring (bicyclic) bond motifs is 1. The van der Waals surface area contributed by atoms with Crippen molar-refractivity contribution in [2.75, 3.05) is 5.32 Å². The number of rotatable bonds is 2. The largest absolute Gasteiger partial charge is 0.326 e. The van der Waals surface area contributed by atoms with Crippen LogP contribution in [0.3, 0.4) is 0 Å². The number of halogens is 1. The van der Waals surface area contributed by atoms with Gasteiger partial charge < -0.3 is 11.1 Å². The van der Waals surface area contributed by atoms with E-state index in [-0.39, 0.29) is 11.9 Å². The van der Waals surface area contributed by atoms with Gasteiger partial charge in [-0.25, -0.2) is 0 Å². The Labute approximate surface area is 126 Å². The van der Waals surface area contributed by atoms with Crippen molar-refractivity contribution in [3.05, 3.63) is 63.1 Å². The number of hydrogen-bond donors (Lipinski definition) is 2. The number of carbonyl (C=O) groups is 1. The van der Waals surface area contributed by atoms with Crippen LogP contribution in [-0.4, -0.2) is 5.91 Å². The maximum Gasteiger partial charge on any atom is 0.228 e. The molecular weight excluding hydrogens is 316 g/mol. The molecule has 0 fully saturated rings. The Hall–Kier alpha value is -1.65. The van der Waals surface area contributed by atoms with Gasteiger partial charge in [0.2, 0.25) is 5.91 Å². The van der Waals surface area contributed by atoms with E-state index in [0.717, 1.165) is 32.4 Å². The molecule has 0 aliphatic carbocycles. The van der Waals surface area contributed by atoms with E-state index in [2.05, 4.69) is 21.2 Å². The van der Waals surface area contributed by atoms with E-state index >= 15 is 0 Å². The van der Waals surface area contributed by atoms with Gasteiger partial charge >= 0.3 is 0 Å². The number of nitrogens with one attached hydrogen (secondary N) is 1. The molecule has 3 rings (SSSR count). The van der Waals surface area contributed by atoms with Gasteiger partial charge in [0, 0.05) is 10.2 Å². The SMILES string of the molecule is Cc1cccc(C(N)c2ccc3c(c2)CC(=O)N3)c1Br. The van der Waals surface area contributed by atoms with E-state index in [0.29, 0.717) is 6.42 Å². The van der Waals surface area contributed by atoms with Gasteiger partial charge in [-0.05, 0) is 35.2 Å². The van der Waals surface area contributed by atoms with Crippen molar-refractivity contribution in [2.45, 2.75) is 19.4 Å². The van der Waals surface area contributed by atoms with Crippen molar-refractivity contribution >= 4 is 27.5 Å². The highest BCUT2D eigenvalue weighted by molar-refractivity contribution is 9.10. The van der Waals surface area contributed by atoms with E-state index in [1.165, 1.54) is 0 Å². The Balaban J connectivity index is 1.99. The van der Waals surface area contributed by atoms with Gasteiger partial charge in [0.1, 0.15) is 0 Å². The standard InChI is InChI=1S/C16H15BrN2O/c1-9-3-2-4-12(15(9)17)16(18)10-5-6-13-11(7-10)8-14(20)19-13/h2-7,16H,8,18H2,1H3,(H,19,20). The summed E-state index contributed by atoms with van der Waals surface area (Å²) >= 11 is 3.60. The quantitative estimate of drug-likeness (QED) is 0.887. The predicted octanol–water partition coefficient (Wildman–Crippen LogP) is 3.30. The molecular formula is C16H15BrN2O. The lowest BCUT2D eigenvalue weighted by Gasteiger charge is -2.16. The van der Waals surface area contributed by atoms with E-state index in [1.54, 1.807) is 0 Å². The Bertz CT molecular complexity index is 697. The van der Waals surface area contributed by atoms with Gasteiger partial charge in [-0.15, -0.1) is 0 Å². The molecule has 102 valence electrons. The molecule has 0 saturated heterocycles. The highest BCUT2D eigenvalue weighted by Gasteiger charge is 2.20. The first-order valence-corrected chi connectivity index (χ1v) is 7.29. The summed E-state index contributed by atoms with van der Waals surface area (Å²) in [4.78, 5) is 11.4. The van der Waals surface area contributed by atoms with E-state index in [9.17, 15) is 4.79 Å². The Morgan fingerprint density at radius 2 is 2.10 bits per heavy atom. The van der Waals surface area contributed by atoms with Crippen molar-refractivity contribution in [3.63, 3.8) is 0 Å². The monoisotopic (exact) mass is 330 g/mol. The zero-order valence-electron chi connectivity index (χ0n) is 11.1. The molecule has 4 heteroatoms. The second-order valence-electron chi connectivity index (χ2n) is 5.10. The highest BCUT2D eigenvalue weighted by atomic mass is 79.9. The molecule has 0 spiro atoms. The topological polar surface area (TPSA) is 55.1 Å². The number of amides is 1. The minimum absolute atomic E-state index is 0.0439. The molecule has 0 aromatic heterocycles. The van der Waals surface area contributed by atoms with Crippen LogP contribution in [-0.2, 0) is 11.2 Å². The summed E-state index contributed by atoms with van der Waals surface area (Å²) in [6, 6.07) is 11.8. The van der Waals surface area contributed by atoms with E-state index in [1.807, 2.05) is 43.3 Å². The average Bonchev–Trinajstić information content (AvgIpc) is 2.80. The van der Waals surface area contributed by atoms with Crippen molar-refractivity contribution in [2.24, 2.45) is 5.73 Å². The number of nitrogens with two attached hydrogens (primary N) is 1. The molecule has 1 unspecified atom stereocenters. The average molecular weight is 331 g/mol. The summed E-state index contributed by atoms with van der Waals surface area (Å²) in [6.07, 6.45) is 0.435. The van der Waals surface area contributed by atoms with Crippen molar-refractivity contribution in [1.82, 2.24) is 0 Å². The first-order valence-electron chi connectivity index (χ1n) is 6.49. The van der Waals surface area contributed by atoms with Gasteiger partial charge in [0.15, 0.2) is 0 Å². The molecule has 0 bridgehead atoms. The van der Waals surface area contributed by atoms with Crippen LogP contribution in [0.15, 0.2) is 40.9 Å². The third-order valence-electron chi connectivity index (χ3n) is 3.67. The van der Waals surface area contributed by atoms with Crippen LogP contribution in [0.2, 0.25) is 0 Å². The molecule has 3 nitrogen and oxygen atoms in total. The molecule has 1 aliphatic heterocycles. The third-order valence-corrected chi connectivity index (χ3v) is 4.75. The van der Waals surface area contributed by atoms with Crippen LogP contribution < -0.4 is 11.1 Å². The van der Waals surface area contributed by atoms with Gasteiger partial charge in [0.25, 0.3) is 0 Å². The first kappa shape index (κ1) is 13.3. The Kier molecular flexibility index (Phi) is 3.36. The minimum atomic E-state index is -0.203. The van der Waals surface area contributed by atoms with E-state index < -0.39 is 0 Å². The van der Waals surface area contributed by atoms with Crippen LogP contribution in [0.1, 0.15) is 28.3 Å². The molecule has 3 N–H and O–H groups in total. The smallest absolute Gasteiger partial charge is 0.228 e. The number of anilines is 1. The zero-order valence-corrected chi connectivity index (χ0v) is 12.7. The molecule has 20 heavy (non-hydrogen) atoms. The van der Waals surface area contributed by atoms with Gasteiger partial charge in [-0.2, -0.15) is 0 Å². The summed E-state index contributed by atoms with van der Waals surface area (Å²) in [5, 5.41) is 2.83. The highest BCUT2D eigenvalue weighted by Crippen LogP contribution is 2.32. The summed E-state index contributed by atoms with van der Waals surface area (Å²) in [5.41, 5.74) is 11.5. The normalized spacial score (nSPS) is 14.8. The summed E-state index contributed by atoms with van der Waals surface area (Å²) in [5.74, 6) is 0.0439. The van der Waals surface area contributed by atoms with Crippen molar-refractivity contribution < 1.29 is 4.79 Å². The lowest BCUT2D eigenvalue weighted by atomic mass is 9.96. The van der Waals surface area contributed by atoms with Crippen LogP contribution in [0.25, 0.3) is 0 Å². The molecule has 1 heterocycles. The van der Waals surface area contributed by atoms with E-state index in [4.69, 9.17) is 5.73 Å². The molecule has 0 saturated carbocycles. The molecule has 0 radical (unpaired) electrons. The fourth-order valence-electron chi connectivity index (χ4n) is 2.53. The Morgan fingerprint density at radius 3 is 2.90 bits per heavy atom. The lowest BCUT2D eigenvalue weighted by Crippen LogP contribution is -2.13. The lowest BCUT2D eigenvalue weighted by molar-refractivity contribution is -0.115. The van der Waals surface area contributed by atoms with Gasteiger partial charge in [0.05, 0.1) is 12.5 Å². The van der Waals surface area contributed by atoms with Gasteiger partial charge in [-0.1, -0.05) is 46.3 Å². The maximum absolute atomic E-state index is 11.4. The van der Waals surface area contributed by atoms with Crippen LogP contribution >= 0.6 is 15.9 Å². The summed E-state index contributed by atoms with van der Waals surface area (Å²) < 4.78 is 1.04. The molecule has 2 aromatic carbocycles. The number of carbonyl (C=O) groups excluding carboxylic acids is 1. The number of hydrogen-bond acceptors (Lipinski definition) is 2. The molecule has 1 aliphatic rings. The fourth-order valence-corrected chi connectivity index (χ4v) is 3.04. The number of benzene rings is 2. The van der Waals surface area contributed by atoms with Crippen LogP contribution in [0.4, 0.5) is 5.69 Å². The van der Waals surface area contributed by atoms with Gasteiger partial charge in [-0.3, -0.25) is 4.79 Å². The van der Waals surface area contributed by atoms with Crippen LogP contribution in [0, 0.1) is 6.92 Å². The zero-order chi connectivity index (χ0) is 14.3. The molecule has 1 amide bonds. The Morgan fingerprint density at radius 1 is 1.30 bits per heavy atom. The predicted molar refractivity (Wildman–Crippen MR) is 83.7 cm³/mol.